The van der Waals surface area contributed by atoms with Crippen LogP contribution in [0, 0.1) is 18.3 Å². The van der Waals surface area contributed by atoms with Gasteiger partial charge in [0.2, 0.25) is 0 Å². The molecule has 1 heterocycles. The van der Waals surface area contributed by atoms with Crippen molar-refractivity contribution < 1.29 is 0 Å². The van der Waals surface area contributed by atoms with Crippen LogP contribution in [0.3, 0.4) is 0 Å². The maximum absolute atomic E-state index is 8.59. The smallest absolute Gasteiger partial charge is 0.152 e. The summed E-state index contributed by atoms with van der Waals surface area (Å²) in [6.07, 6.45) is 0.447. The molecule has 2 aromatic rings. The van der Waals surface area contributed by atoms with E-state index in [9.17, 15) is 0 Å². The number of nitrogens with one attached hydrogen (secondary N) is 1. The summed E-state index contributed by atoms with van der Waals surface area (Å²) in [5.41, 5.74) is 2.04. The quantitative estimate of drug-likeness (QED) is 0.886. The van der Waals surface area contributed by atoms with Crippen molar-refractivity contribution in [2.24, 2.45) is 7.05 Å². The van der Waals surface area contributed by atoms with Crippen molar-refractivity contribution in [3.05, 3.63) is 41.5 Å². The van der Waals surface area contributed by atoms with Gasteiger partial charge in [-0.3, -0.25) is 0 Å². The number of nitriles is 1. The molecule has 1 aromatic heterocycles. The van der Waals surface area contributed by atoms with E-state index in [1.807, 2.05) is 42.8 Å². The molecular formula is C13H15N5. The van der Waals surface area contributed by atoms with Crippen LogP contribution in [0.15, 0.2) is 24.3 Å². The van der Waals surface area contributed by atoms with E-state index in [1.165, 1.54) is 0 Å². The number of aryl methyl sites for hydroxylation is 1. The highest BCUT2D eigenvalue weighted by molar-refractivity contribution is 5.45. The van der Waals surface area contributed by atoms with Gasteiger partial charge in [0.25, 0.3) is 0 Å². The zero-order valence-electron chi connectivity index (χ0n) is 10.5. The fourth-order valence-corrected chi connectivity index (χ4v) is 1.62. The Kier molecular flexibility index (Phi) is 3.58. The molecule has 0 saturated heterocycles. The van der Waals surface area contributed by atoms with Crippen molar-refractivity contribution in [1.82, 2.24) is 14.8 Å². The standard InChI is InChI=1S/C13H15N5/c1-10-16-17-13(18(10)2)9-15-12-5-3-11(4-6-12)7-8-14/h3-6,15H,7,9H2,1-2H3. The van der Waals surface area contributed by atoms with Crippen LogP contribution in [0.5, 0.6) is 0 Å². The largest absolute Gasteiger partial charge is 0.378 e. The maximum atomic E-state index is 8.59. The van der Waals surface area contributed by atoms with E-state index in [2.05, 4.69) is 21.6 Å². The Morgan fingerprint density at radius 3 is 2.56 bits per heavy atom. The Hall–Kier alpha value is -2.35. The zero-order chi connectivity index (χ0) is 13.0. The fraction of sp³-hybridized carbons (Fsp3) is 0.308. The molecule has 0 unspecified atom stereocenters. The highest BCUT2D eigenvalue weighted by Gasteiger charge is 2.03. The Morgan fingerprint density at radius 1 is 1.28 bits per heavy atom. The summed E-state index contributed by atoms with van der Waals surface area (Å²) in [6, 6.07) is 9.97. The molecule has 0 amide bonds. The molecule has 18 heavy (non-hydrogen) atoms. The van der Waals surface area contributed by atoms with Crippen LogP contribution in [-0.4, -0.2) is 14.8 Å². The van der Waals surface area contributed by atoms with Gasteiger partial charge < -0.3 is 9.88 Å². The average molecular weight is 241 g/mol. The van der Waals surface area contributed by atoms with Crippen LogP contribution >= 0.6 is 0 Å². The Labute approximate surface area is 106 Å². The Bertz CT molecular complexity index is 562. The SMILES string of the molecule is Cc1nnc(CNc2ccc(CC#N)cc2)n1C. The van der Waals surface area contributed by atoms with Gasteiger partial charge in [-0.1, -0.05) is 12.1 Å². The van der Waals surface area contributed by atoms with E-state index < -0.39 is 0 Å². The lowest BCUT2D eigenvalue weighted by molar-refractivity contribution is 0.789. The number of nitrogens with zero attached hydrogens (tertiary/aromatic N) is 4. The van der Waals surface area contributed by atoms with E-state index in [1.54, 1.807) is 0 Å². The normalized spacial score (nSPS) is 10.1. The summed E-state index contributed by atoms with van der Waals surface area (Å²) in [5.74, 6) is 1.80. The number of rotatable bonds is 4. The number of aromatic nitrogens is 3. The molecule has 1 aromatic carbocycles. The van der Waals surface area contributed by atoms with Crippen LogP contribution in [-0.2, 0) is 20.0 Å². The van der Waals surface area contributed by atoms with Crippen molar-refractivity contribution in [1.29, 1.82) is 5.26 Å². The molecule has 92 valence electrons. The molecule has 0 atom stereocenters. The molecule has 0 aliphatic heterocycles. The molecular weight excluding hydrogens is 226 g/mol. The highest BCUT2D eigenvalue weighted by Crippen LogP contribution is 2.11. The number of benzene rings is 1. The number of hydrogen-bond donors (Lipinski definition) is 1. The van der Waals surface area contributed by atoms with Gasteiger partial charge in [-0.25, -0.2) is 0 Å². The predicted octanol–water partition coefficient (Wildman–Crippen LogP) is 1.80. The van der Waals surface area contributed by atoms with E-state index in [0.717, 1.165) is 22.9 Å². The molecule has 5 nitrogen and oxygen atoms in total. The molecule has 0 aliphatic carbocycles. The summed E-state index contributed by atoms with van der Waals surface area (Å²) in [4.78, 5) is 0. The van der Waals surface area contributed by atoms with E-state index in [0.29, 0.717) is 13.0 Å². The van der Waals surface area contributed by atoms with Crippen LogP contribution < -0.4 is 5.32 Å². The average Bonchev–Trinajstić information content (AvgIpc) is 2.70. The minimum atomic E-state index is 0.447. The molecule has 0 bridgehead atoms. The molecule has 0 saturated carbocycles. The first-order valence-corrected chi connectivity index (χ1v) is 5.75. The minimum absolute atomic E-state index is 0.447. The summed E-state index contributed by atoms with van der Waals surface area (Å²) in [7, 11) is 1.95. The second-order valence-electron chi connectivity index (χ2n) is 4.11. The summed E-state index contributed by atoms with van der Waals surface area (Å²) >= 11 is 0. The molecule has 0 radical (unpaired) electrons. The lowest BCUT2D eigenvalue weighted by Crippen LogP contribution is -2.06. The van der Waals surface area contributed by atoms with E-state index >= 15 is 0 Å². The number of anilines is 1. The van der Waals surface area contributed by atoms with Crippen molar-refractivity contribution >= 4 is 5.69 Å². The van der Waals surface area contributed by atoms with Crippen molar-refractivity contribution in [2.75, 3.05) is 5.32 Å². The summed E-state index contributed by atoms with van der Waals surface area (Å²) in [6.45, 7) is 2.56. The van der Waals surface area contributed by atoms with Gasteiger partial charge in [0.05, 0.1) is 19.0 Å². The van der Waals surface area contributed by atoms with Crippen molar-refractivity contribution in [2.45, 2.75) is 19.9 Å². The Morgan fingerprint density at radius 2 is 2.00 bits per heavy atom. The zero-order valence-corrected chi connectivity index (χ0v) is 10.5. The third-order valence-corrected chi connectivity index (χ3v) is 2.87. The van der Waals surface area contributed by atoms with Crippen LogP contribution in [0.1, 0.15) is 17.2 Å². The van der Waals surface area contributed by atoms with E-state index in [4.69, 9.17) is 5.26 Å². The first-order valence-electron chi connectivity index (χ1n) is 5.75. The third kappa shape index (κ3) is 2.66. The molecule has 2 rings (SSSR count). The first kappa shape index (κ1) is 12.1. The monoisotopic (exact) mass is 241 g/mol. The van der Waals surface area contributed by atoms with Gasteiger partial charge in [0.15, 0.2) is 5.82 Å². The molecule has 0 spiro atoms. The summed E-state index contributed by atoms with van der Waals surface area (Å²) < 4.78 is 1.96. The molecule has 0 aliphatic rings. The Balaban J connectivity index is 1.98. The molecule has 5 heteroatoms. The third-order valence-electron chi connectivity index (χ3n) is 2.87. The van der Waals surface area contributed by atoms with Crippen LogP contribution in [0.4, 0.5) is 5.69 Å². The van der Waals surface area contributed by atoms with Gasteiger partial charge in [-0.05, 0) is 24.6 Å². The predicted molar refractivity (Wildman–Crippen MR) is 68.8 cm³/mol. The van der Waals surface area contributed by atoms with Gasteiger partial charge in [-0.2, -0.15) is 5.26 Å². The lowest BCUT2D eigenvalue weighted by Gasteiger charge is -2.06. The lowest BCUT2D eigenvalue weighted by atomic mass is 10.1. The fourth-order valence-electron chi connectivity index (χ4n) is 1.62. The van der Waals surface area contributed by atoms with E-state index in [-0.39, 0.29) is 0 Å². The summed E-state index contributed by atoms with van der Waals surface area (Å²) in [5, 5.41) is 20.0. The van der Waals surface area contributed by atoms with Crippen molar-refractivity contribution in [3.8, 4) is 6.07 Å². The topological polar surface area (TPSA) is 66.5 Å². The highest BCUT2D eigenvalue weighted by atomic mass is 15.3. The van der Waals surface area contributed by atoms with Crippen LogP contribution in [0.2, 0.25) is 0 Å². The number of hydrogen-bond acceptors (Lipinski definition) is 4. The molecule has 1 N–H and O–H groups in total. The van der Waals surface area contributed by atoms with Gasteiger partial charge in [-0.15, -0.1) is 10.2 Å². The van der Waals surface area contributed by atoms with Crippen LogP contribution in [0.25, 0.3) is 0 Å². The molecule has 0 fully saturated rings. The minimum Gasteiger partial charge on any atom is -0.378 e. The second-order valence-corrected chi connectivity index (χ2v) is 4.11. The van der Waals surface area contributed by atoms with Gasteiger partial charge in [0.1, 0.15) is 5.82 Å². The second kappa shape index (κ2) is 5.32. The first-order chi connectivity index (χ1) is 8.70. The van der Waals surface area contributed by atoms with Gasteiger partial charge in [0, 0.05) is 12.7 Å². The van der Waals surface area contributed by atoms with Gasteiger partial charge >= 0.3 is 0 Å². The van der Waals surface area contributed by atoms with Crippen molar-refractivity contribution in [3.63, 3.8) is 0 Å². The maximum Gasteiger partial charge on any atom is 0.152 e.